The van der Waals surface area contributed by atoms with Crippen molar-refractivity contribution in [1.82, 2.24) is 9.97 Å². The number of piperidine rings is 1. The first-order valence-electron chi connectivity index (χ1n) is 7.68. The number of hydrogen-bond acceptors (Lipinski definition) is 4. The number of nitrogens with two attached hydrogens (primary N) is 1. The van der Waals surface area contributed by atoms with Gasteiger partial charge >= 0.3 is 0 Å². The molecule has 4 rings (SSSR count). The van der Waals surface area contributed by atoms with Crippen LogP contribution in [-0.4, -0.2) is 23.1 Å². The summed E-state index contributed by atoms with van der Waals surface area (Å²) in [6, 6.07) is 8.97. The van der Waals surface area contributed by atoms with E-state index in [0.29, 0.717) is 11.2 Å². The minimum absolute atomic E-state index is 0.390. The van der Waals surface area contributed by atoms with Crippen LogP contribution >= 0.6 is 0 Å². The molecule has 0 amide bonds. The van der Waals surface area contributed by atoms with Crippen LogP contribution in [0, 0.1) is 0 Å². The highest BCUT2D eigenvalue weighted by Crippen LogP contribution is 2.46. The number of hydrogen-bond donors (Lipinski definition) is 1. The highest BCUT2D eigenvalue weighted by Gasteiger charge is 2.41. The van der Waals surface area contributed by atoms with Crippen molar-refractivity contribution < 1.29 is 0 Å². The van der Waals surface area contributed by atoms with Gasteiger partial charge in [0.1, 0.15) is 11.6 Å². The van der Waals surface area contributed by atoms with Crippen LogP contribution in [0.2, 0.25) is 0 Å². The molecule has 1 aromatic heterocycles. The van der Waals surface area contributed by atoms with Crippen molar-refractivity contribution >= 4 is 11.6 Å². The summed E-state index contributed by atoms with van der Waals surface area (Å²) in [6.07, 6.45) is 8.33. The fraction of sp³-hybridized carbons (Fsp3) is 0.412. The first-order valence-corrected chi connectivity index (χ1v) is 7.68. The molecule has 2 aliphatic rings. The average molecular weight is 280 g/mol. The van der Waals surface area contributed by atoms with Crippen molar-refractivity contribution in [1.29, 1.82) is 0 Å². The lowest BCUT2D eigenvalue weighted by atomic mass is 9.74. The molecule has 1 saturated heterocycles. The van der Waals surface area contributed by atoms with E-state index in [1.165, 1.54) is 25.7 Å². The quantitative estimate of drug-likeness (QED) is 0.872. The molecule has 0 radical (unpaired) electrons. The summed E-state index contributed by atoms with van der Waals surface area (Å²) < 4.78 is 0. The Morgan fingerprint density at radius 3 is 2.67 bits per heavy atom. The van der Waals surface area contributed by atoms with Crippen molar-refractivity contribution in [3.05, 3.63) is 47.8 Å². The third-order valence-corrected chi connectivity index (χ3v) is 5.15. The van der Waals surface area contributed by atoms with Crippen LogP contribution in [0.5, 0.6) is 0 Å². The van der Waals surface area contributed by atoms with Crippen molar-refractivity contribution in [2.75, 3.05) is 23.7 Å². The largest absolute Gasteiger partial charge is 0.382 e. The molecule has 0 saturated carbocycles. The summed E-state index contributed by atoms with van der Waals surface area (Å²) in [7, 11) is 0. The molecule has 2 N–H and O–H groups in total. The van der Waals surface area contributed by atoms with E-state index in [1.807, 2.05) is 6.20 Å². The molecule has 2 aromatic rings. The molecule has 1 aromatic carbocycles. The smallest absolute Gasteiger partial charge is 0.149 e. The second kappa shape index (κ2) is 4.72. The zero-order valence-electron chi connectivity index (χ0n) is 12.1. The van der Waals surface area contributed by atoms with Crippen LogP contribution in [0.4, 0.5) is 11.6 Å². The van der Waals surface area contributed by atoms with E-state index in [9.17, 15) is 0 Å². The van der Waals surface area contributed by atoms with Gasteiger partial charge in [-0.05, 0) is 42.2 Å². The molecule has 0 unspecified atom stereocenters. The van der Waals surface area contributed by atoms with Gasteiger partial charge < -0.3 is 10.6 Å². The van der Waals surface area contributed by atoms with E-state index in [2.05, 4.69) is 39.1 Å². The summed E-state index contributed by atoms with van der Waals surface area (Å²) in [5.74, 6) is 1.41. The fourth-order valence-corrected chi connectivity index (χ4v) is 3.97. The Labute approximate surface area is 125 Å². The number of fused-ring (bicyclic) bond motifs is 2. The van der Waals surface area contributed by atoms with Gasteiger partial charge in [-0.3, -0.25) is 4.98 Å². The summed E-state index contributed by atoms with van der Waals surface area (Å²) in [6.45, 7) is 2.07. The zero-order valence-corrected chi connectivity index (χ0v) is 12.1. The van der Waals surface area contributed by atoms with E-state index in [4.69, 9.17) is 5.73 Å². The van der Waals surface area contributed by atoms with Gasteiger partial charge in [-0.25, -0.2) is 4.98 Å². The third-order valence-electron chi connectivity index (χ3n) is 5.15. The van der Waals surface area contributed by atoms with Crippen molar-refractivity contribution in [3.63, 3.8) is 0 Å². The molecule has 1 fully saturated rings. The molecule has 1 aliphatic heterocycles. The minimum Gasteiger partial charge on any atom is -0.382 e. The molecule has 2 heterocycles. The topological polar surface area (TPSA) is 55.0 Å². The number of benzene rings is 1. The first-order chi connectivity index (χ1) is 10.3. The van der Waals surface area contributed by atoms with Gasteiger partial charge in [0.05, 0.1) is 12.4 Å². The predicted octanol–water partition coefficient (Wildman–Crippen LogP) is 2.54. The maximum absolute atomic E-state index is 5.74. The number of anilines is 2. The minimum atomic E-state index is 0.390. The Morgan fingerprint density at radius 2 is 1.86 bits per heavy atom. The molecule has 0 bridgehead atoms. The Balaban J connectivity index is 1.55. The summed E-state index contributed by atoms with van der Waals surface area (Å²) >= 11 is 0. The summed E-state index contributed by atoms with van der Waals surface area (Å²) in [5, 5.41) is 0. The second-order valence-corrected chi connectivity index (χ2v) is 6.23. The van der Waals surface area contributed by atoms with E-state index >= 15 is 0 Å². The van der Waals surface area contributed by atoms with Crippen LogP contribution < -0.4 is 10.6 Å². The predicted molar refractivity (Wildman–Crippen MR) is 84.3 cm³/mol. The van der Waals surface area contributed by atoms with Gasteiger partial charge in [0.2, 0.25) is 0 Å². The summed E-state index contributed by atoms with van der Waals surface area (Å²) in [5.41, 5.74) is 9.27. The number of aromatic nitrogens is 2. The Morgan fingerprint density at radius 1 is 1.05 bits per heavy atom. The molecular formula is C17H20N4. The van der Waals surface area contributed by atoms with Crippen LogP contribution in [-0.2, 0) is 11.8 Å². The van der Waals surface area contributed by atoms with Crippen molar-refractivity contribution in [2.24, 2.45) is 0 Å². The summed E-state index contributed by atoms with van der Waals surface area (Å²) in [4.78, 5) is 10.9. The lowest BCUT2D eigenvalue weighted by Crippen LogP contribution is -2.42. The van der Waals surface area contributed by atoms with E-state index < -0.39 is 0 Å². The maximum Gasteiger partial charge on any atom is 0.149 e. The van der Waals surface area contributed by atoms with E-state index in [-0.39, 0.29) is 0 Å². The number of nitrogen functional groups attached to an aromatic ring is 1. The zero-order chi connectivity index (χ0) is 14.3. The Hall–Kier alpha value is -2.10. The van der Waals surface area contributed by atoms with Crippen LogP contribution in [0.1, 0.15) is 30.4 Å². The van der Waals surface area contributed by atoms with Crippen LogP contribution in [0.3, 0.4) is 0 Å². The van der Waals surface area contributed by atoms with Gasteiger partial charge in [0.25, 0.3) is 0 Å². The fourth-order valence-electron chi connectivity index (χ4n) is 3.97. The normalized spacial score (nSPS) is 19.7. The third kappa shape index (κ3) is 2.06. The number of rotatable bonds is 1. The van der Waals surface area contributed by atoms with Gasteiger partial charge in [0.15, 0.2) is 0 Å². The molecular weight excluding hydrogens is 260 g/mol. The van der Waals surface area contributed by atoms with Gasteiger partial charge in [-0.1, -0.05) is 24.3 Å². The van der Waals surface area contributed by atoms with Gasteiger partial charge in [-0.15, -0.1) is 0 Å². The molecule has 0 atom stereocenters. The molecule has 4 heteroatoms. The van der Waals surface area contributed by atoms with E-state index in [0.717, 1.165) is 18.9 Å². The maximum atomic E-state index is 5.74. The Kier molecular flexibility index (Phi) is 2.84. The second-order valence-electron chi connectivity index (χ2n) is 6.23. The average Bonchev–Trinajstić information content (AvgIpc) is 2.87. The monoisotopic (exact) mass is 280 g/mol. The van der Waals surface area contributed by atoms with Crippen molar-refractivity contribution in [3.8, 4) is 0 Å². The molecule has 108 valence electrons. The lowest BCUT2D eigenvalue weighted by Gasteiger charge is -2.40. The standard InChI is InChI=1S/C17H20N4/c18-15-11-19-12-16(20-15)21-9-7-17(8-10-21)6-5-13-3-1-2-4-14(13)17/h1-4,11-12H,5-10H2,(H2,18,20). The Bertz CT molecular complexity index is 659. The molecule has 4 nitrogen and oxygen atoms in total. The van der Waals surface area contributed by atoms with Crippen LogP contribution in [0.25, 0.3) is 0 Å². The lowest BCUT2D eigenvalue weighted by molar-refractivity contribution is 0.329. The van der Waals surface area contributed by atoms with Crippen molar-refractivity contribution in [2.45, 2.75) is 31.1 Å². The molecule has 21 heavy (non-hydrogen) atoms. The first kappa shape index (κ1) is 12.6. The number of aryl methyl sites for hydroxylation is 1. The SMILES string of the molecule is Nc1cncc(N2CCC3(CCc4ccccc43)CC2)n1. The molecule has 1 spiro atoms. The van der Waals surface area contributed by atoms with Gasteiger partial charge in [-0.2, -0.15) is 0 Å². The highest BCUT2D eigenvalue weighted by atomic mass is 15.2. The van der Waals surface area contributed by atoms with Gasteiger partial charge in [0, 0.05) is 13.1 Å². The van der Waals surface area contributed by atoms with E-state index in [1.54, 1.807) is 17.3 Å². The number of nitrogens with zero attached hydrogens (tertiary/aromatic N) is 3. The van der Waals surface area contributed by atoms with Crippen LogP contribution in [0.15, 0.2) is 36.7 Å². The highest BCUT2D eigenvalue weighted by molar-refractivity contribution is 5.45. The molecule has 1 aliphatic carbocycles.